The lowest BCUT2D eigenvalue weighted by atomic mass is 9.94. The number of nitrogens with zero attached hydrogens (tertiary/aromatic N) is 2. The first-order valence-corrected chi connectivity index (χ1v) is 11.3. The van der Waals surface area contributed by atoms with E-state index in [4.69, 9.17) is 19.0 Å². The van der Waals surface area contributed by atoms with Crippen LogP contribution in [0.1, 0.15) is 26.0 Å². The number of methoxy groups -OCH3 is 1. The Morgan fingerprint density at radius 3 is 2.44 bits per heavy atom. The number of furan rings is 1. The summed E-state index contributed by atoms with van der Waals surface area (Å²) in [5.74, 6) is 0.746. The molecule has 2 atom stereocenters. The van der Waals surface area contributed by atoms with Crippen molar-refractivity contribution in [2.75, 3.05) is 13.7 Å². The fourth-order valence-electron chi connectivity index (χ4n) is 3.94. The summed E-state index contributed by atoms with van der Waals surface area (Å²) < 4.78 is 17.4. The van der Waals surface area contributed by atoms with Crippen LogP contribution in [0.5, 0.6) is 5.75 Å². The Morgan fingerprint density at radius 1 is 1.03 bits per heavy atom. The van der Waals surface area contributed by atoms with Crippen LogP contribution in [0.15, 0.2) is 65.3 Å². The molecule has 34 heavy (non-hydrogen) atoms. The number of aromatic nitrogens is 2. The van der Waals surface area contributed by atoms with Gasteiger partial charge in [-0.2, -0.15) is 0 Å². The van der Waals surface area contributed by atoms with E-state index in [1.165, 1.54) is 6.33 Å². The van der Waals surface area contributed by atoms with Crippen molar-refractivity contribution in [3.05, 3.63) is 66.6 Å². The molecule has 0 spiro atoms. The molecule has 0 saturated carbocycles. The van der Waals surface area contributed by atoms with Crippen LogP contribution in [0, 0.1) is 5.92 Å². The molecular formula is C27H28N2O5. The molecule has 4 rings (SSSR count). The lowest BCUT2D eigenvalue weighted by Gasteiger charge is -2.20. The number of aliphatic carboxylic acids is 1. The predicted molar refractivity (Wildman–Crippen MR) is 130 cm³/mol. The largest absolute Gasteiger partial charge is 0.497 e. The van der Waals surface area contributed by atoms with Crippen molar-refractivity contribution in [3.63, 3.8) is 0 Å². The highest BCUT2D eigenvalue weighted by atomic mass is 16.5. The van der Waals surface area contributed by atoms with Crippen LogP contribution in [0.2, 0.25) is 0 Å². The molecule has 176 valence electrons. The molecule has 4 aromatic rings. The third-order valence-corrected chi connectivity index (χ3v) is 5.99. The average Bonchev–Trinajstić information content (AvgIpc) is 3.25. The first-order chi connectivity index (χ1) is 16.5. The summed E-state index contributed by atoms with van der Waals surface area (Å²) in [6, 6.07) is 17.8. The highest BCUT2D eigenvalue weighted by Gasteiger charge is 2.24. The summed E-state index contributed by atoms with van der Waals surface area (Å²) in [4.78, 5) is 19.9. The highest BCUT2D eigenvalue weighted by molar-refractivity contribution is 6.01. The van der Waals surface area contributed by atoms with Gasteiger partial charge in [-0.25, -0.2) is 9.97 Å². The lowest BCUT2D eigenvalue weighted by Crippen LogP contribution is -2.22. The fraction of sp³-hybridized carbons (Fsp3) is 0.296. The van der Waals surface area contributed by atoms with Gasteiger partial charge in [-0.3, -0.25) is 4.79 Å². The van der Waals surface area contributed by atoms with Crippen molar-refractivity contribution in [2.24, 2.45) is 5.92 Å². The number of hydrogen-bond acceptors (Lipinski definition) is 6. The van der Waals surface area contributed by atoms with Crippen LogP contribution in [-0.4, -0.2) is 40.9 Å². The number of carbonyl (C=O) groups is 1. The van der Waals surface area contributed by atoms with Crippen molar-refractivity contribution >= 4 is 17.1 Å². The van der Waals surface area contributed by atoms with Crippen molar-refractivity contribution in [1.82, 2.24) is 9.97 Å². The Bertz CT molecular complexity index is 1250. The average molecular weight is 461 g/mol. The molecule has 2 aromatic heterocycles. The Morgan fingerprint density at radius 2 is 1.76 bits per heavy atom. The van der Waals surface area contributed by atoms with E-state index in [1.54, 1.807) is 7.11 Å². The zero-order valence-electron chi connectivity index (χ0n) is 19.5. The van der Waals surface area contributed by atoms with Gasteiger partial charge in [0, 0.05) is 11.1 Å². The van der Waals surface area contributed by atoms with Crippen LogP contribution in [0.3, 0.4) is 0 Å². The maximum Gasteiger partial charge on any atom is 0.305 e. The van der Waals surface area contributed by atoms with Crippen molar-refractivity contribution in [3.8, 4) is 28.2 Å². The van der Waals surface area contributed by atoms with Crippen molar-refractivity contribution in [1.29, 1.82) is 0 Å². The standard InChI is InChI=1S/C27H28N2O5/c1-17(18(2)33-14-13-23(30)31)15-22-25-24(19-9-11-21(32-3)12-10-19)26(20-7-5-4-6-8-20)34-27(25)29-16-28-22/h4-12,16-18H,13-15H2,1-3H3,(H,30,31)/t17-,18+/m0/s1. The summed E-state index contributed by atoms with van der Waals surface area (Å²) >= 11 is 0. The molecule has 0 amide bonds. The summed E-state index contributed by atoms with van der Waals surface area (Å²) in [5, 5.41) is 9.74. The zero-order valence-corrected chi connectivity index (χ0v) is 19.5. The summed E-state index contributed by atoms with van der Waals surface area (Å²) in [6.07, 6.45) is 2.01. The Hall–Kier alpha value is -3.71. The van der Waals surface area contributed by atoms with Gasteiger partial charge in [-0.05, 0) is 37.0 Å². The first-order valence-electron chi connectivity index (χ1n) is 11.3. The molecule has 1 N–H and O–H groups in total. The van der Waals surface area contributed by atoms with Gasteiger partial charge in [0.15, 0.2) is 0 Å². The Kier molecular flexibility index (Phi) is 7.23. The van der Waals surface area contributed by atoms with Crippen LogP contribution in [0.25, 0.3) is 33.6 Å². The number of carboxylic acid groups (broad SMARTS) is 1. The van der Waals surface area contributed by atoms with Gasteiger partial charge in [0.25, 0.3) is 0 Å². The molecular weight excluding hydrogens is 432 g/mol. The number of fused-ring (bicyclic) bond motifs is 1. The molecule has 0 saturated heterocycles. The number of rotatable bonds is 10. The minimum absolute atomic E-state index is 0.0153. The quantitative estimate of drug-likeness (QED) is 0.328. The van der Waals surface area contributed by atoms with Gasteiger partial charge in [0.05, 0.1) is 37.3 Å². The zero-order chi connectivity index (χ0) is 24.1. The van der Waals surface area contributed by atoms with Gasteiger partial charge in [-0.15, -0.1) is 0 Å². The second-order valence-electron chi connectivity index (χ2n) is 8.30. The van der Waals surface area contributed by atoms with E-state index in [0.717, 1.165) is 39.3 Å². The Balaban J connectivity index is 1.76. The Labute approximate surface area is 198 Å². The molecule has 0 aliphatic carbocycles. The van der Waals surface area contributed by atoms with Crippen LogP contribution >= 0.6 is 0 Å². The van der Waals surface area contributed by atoms with Crippen LogP contribution in [0.4, 0.5) is 0 Å². The molecule has 0 unspecified atom stereocenters. The van der Waals surface area contributed by atoms with E-state index < -0.39 is 5.97 Å². The number of carboxylic acids is 1. The maximum atomic E-state index is 10.8. The monoisotopic (exact) mass is 460 g/mol. The summed E-state index contributed by atoms with van der Waals surface area (Å²) in [5.41, 5.74) is 4.26. The van der Waals surface area contributed by atoms with Gasteiger partial charge < -0.3 is 19.0 Å². The van der Waals surface area contributed by atoms with E-state index in [2.05, 4.69) is 16.9 Å². The highest BCUT2D eigenvalue weighted by Crippen LogP contribution is 2.42. The molecule has 0 fully saturated rings. The van der Waals surface area contributed by atoms with E-state index in [9.17, 15) is 4.79 Å². The third-order valence-electron chi connectivity index (χ3n) is 5.99. The van der Waals surface area contributed by atoms with Gasteiger partial charge in [0.2, 0.25) is 5.71 Å². The number of benzene rings is 2. The second kappa shape index (κ2) is 10.5. The topological polar surface area (TPSA) is 94.7 Å². The normalized spacial score (nSPS) is 13.0. The molecule has 2 aromatic carbocycles. The second-order valence-corrected chi connectivity index (χ2v) is 8.30. The predicted octanol–water partition coefficient (Wildman–Crippen LogP) is 5.62. The molecule has 2 heterocycles. The number of hydrogen-bond donors (Lipinski definition) is 1. The molecule has 7 heteroatoms. The van der Waals surface area contributed by atoms with Crippen molar-refractivity contribution < 1.29 is 23.8 Å². The van der Waals surface area contributed by atoms with E-state index in [1.807, 2.05) is 61.5 Å². The first kappa shape index (κ1) is 23.4. The smallest absolute Gasteiger partial charge is 0.305 e. The number of ether oxygens (including phenoxy) is 2. The summed E-state index contributed by atoms with van der Waals surface area (Å²) in [6.45, 7) is 4.21. The minimum Gasteiger partial charge on any atom is -0.497 e. The van der Waals surface area contributed by atoms with Crippen molar-refractivity contribution in [2.45, 2.75) is 32.8 Å². The molecule has 0 bridgehead atoms. The SMILES string of the molecule is COc1ccc(-c2c(-c3ccccc3)oc3ncnc(C[C@H](C)[C@@H](C)OCCC(=O)O)c23)cc1. The molecule has 0 radical (unpaired) electrons. The van der Waals surface area contributed by atoms with Gasteiger partial charge >= 0.3 is 5.97 Å². The van der Waals surface area contributed by atoms with E-state index in [-0.39, 0.29) is 25.0 Å². The maximum absolute atomic E-state index is 10.8. The van der Waals surface area contributed by atoms with Crippen LogP contribution in [-0.2, 0) is 16.0 Å². The molecule has 0 aliphatic rings. The van der Waals surface area contributed by atoms with Gasteiger partial charge in [0.1, 0.15) is 17.8 Å². The third kappa shape index (κ3) is 5.10. The summed E-state index contributed by atoms with van der Waals surface area (Å²) in [7, 11) is 1.64. The molecule has 0 aliphatic heterocycles. The minimum atomic E-state index is -0.867. The molecule has 7 nitrogen and oxygen atoms in total. The van der Waals surface area contributed by atoms with Crippen LogP contribution < -0.4 is 4.74 Å². The lowest BCUT2D eigenvalue weighted by molar-refractivity contribution is -0.138. The fourth-order valence-corrected chi connectivity index (χ4v) is 3.94. The van der Waals surface area contributed by atoms with E-state index in [0.29, 0.717) is 12.1 Å². The van der Waals surface area contributed by atoms with Gasteiger partial charge in [-0.1, -0.05) is 49.4 Å². The van der Waals surface area contributed by atoms with E-state index >= 15 is 0 Å².